The topological polar surface area (TPSA) is 88.3 Å². The van der Waals surface area contributed by atoms with Crippen LogP contribution < -0.4 is 4.90 Å². The quantitative estimate of drug-likeness (QED) is 0.581. The number of aromatic nitrogens is 3. The number of pyridine rings is 1. The van der Waals surface area contributed by atoms with E-state index in [1.165, 1.54) is 29.3 Å². The Bertz CT molecular complexity index is 1210. The maximum Gasteiger partial charge on any atom is 0.417 e. The summed E-state index contributed by atoms with van der Waals surface area (Å²) in [6.07, 6.45) is -5.13. The standard InChI is InChI=1S/C20H15ClF4N4O3/c21-12-4-1-3-11(20(23,24)25)15(12)18(30)29-14-5-2-7-26-16(14)17(27-29)28-8-6-10(19(31)32)13(22)9-28/h1-5,7,10,13H,6,8-9H2,(H,31,32). The van der Waals surface area contributed by atoms with Crippen molar-refractivity contribution in [3.63, 3.8) is 0 Å². The van der Waals surface area contributed by atoms with E-state index in [4.69, 9.17) is 16.7 Å². The molecule has 0 spiro atoms. The number of hydrogen-bond acceptors (Lipinski definition) is 5. The van der Waals surface area contributed by atoms with E-state index in [1.807, 2.05) is 0 Å². The summed E-state index contributed by atoms with van der Waals surface area (Å²) in [4.78, 5) is 29.9. The van der Waals surface area contributed by atoms with Crippen LogP contribution in [0.15, 0.2) is 36.5 Å². The Morgan fingerprint density at radius 1 is 1.19 bits per heavy atom. The number of halogens is 5. The minimum absolute atomic E-state index is 0.00559. The van der Waals surface area contributed by atoms with E-state index in [1.54, 1.807) is 0 Å². The third-order valence-electron chi connectivity index (χ3n) is 5.30. The molecule has 0 bridgehead atoms. The van der Waals surface area contributed by atoms with Gasteiger partial charge in [-0.3, -0.25) is 14.6 Å². The van der Waals surface area contributed by atoms with Gasteiger partial charge in [0, 0.05) is 12.7 Å². The average molecular weight is 471 g/mol. The van der Waals surface area contributed by atoms with Gasteiger partial charge in [-0.2, -0.15) is 17.9 Å². The Morgan fingerprint density at radius 3 is 2.59 bits per heavy atom. The molecule has 7 nitrogen and oxygen atoms in total. The van der Waals surface area contributed by atoms with Crippen LogP contribution in [0.1, 0.15) is 22.3 Å². The predicted octanol–water partition coefficient (Wildman–Crippen LogP) is 4.04. The number of carboxylic acid groups (broad SMARTS) is 1. The third kappa shape index (κ3) is 3.77. The van der Waals surface area contributed by atoms with Crippen molar-refractivity contribution in [2.45, 2.75) is 18.8 Å². The lowest BCUT2D eigenvalue weighted by atomic mass is 9.95. The van der Waals surface area contributed by atoms with Crippen molar-refractivity contribution < 1.29 is 32.3 Å². The molecule has 32 heavy (non-hydrogen) atoms. The molecular formula is C20H15ClF4N4O3. The van der Waals surface area contributed by atoms with E-state index >= 15 is 0 Å². The summed E-state index contributed by atoms with van der Waals surface area (Å²) in [6.45, 7) is -0.193. The van der Waals surface area contributed by atoms with Crippen LogP contribution in [-0.4, -0.2) is 51.0 Å². The lowest BCUT2D eigenvalue weighted by Crippen LogP contribution is -2.45. The van der Waals surface area contributed by atoms with E-state index in [0.717, 1.165) is 16.8 Å². The highest BCUT2D eigenvalue weighted by Crippen LogP contribution is 2.36. The molecule has 2 aromatic heterocycles. The Hall–Kier alpha value is -3.21. The average Bonchev–Trinajstić information content (AvgIpc) is 3.12. The summed E-state index contributed by atoms with van der Waals surface area (Å²) in [7, 11) is 0. The van der Waals surface area contributed by atoms with Crippen molar-refractivity contribution in [3.05, 3.63) is 52.7 Å². The zero-order chi connectivity index (χ0) is 23.2. The predicted molar refractivity (Wildman–Crippen MR) is 107 cm³/mol. The highest BCUT2D eigenvalue weighted by molar-refractivity contribution is 6.34. The summed E-state index contributed by atoms with van der Waals surface area (Å²) in [5, 5.41) is 12.9. The summed E-state index contributed by atoms with van der Waals surface area (Å²) in [5.41, 5.74) is -1.71. The molecule has 4 rings (SSSR count). The molecule has 0 radical (unpaired) electrons. The Balaban J connectivity index is 1.80. The van der Waals surface area contributed by atoms with Gasteiger partial charge in [0.2, 0.25) is 0 Å². The molecule has 1 N–H and O–H groups in total. The monoisotopic (exact) mass is 470 g/mol. The molecule has 3 aromatic rings. The minimum atomic E-state index is -4.83. The van der Waals surface area contributed by atoms with Gasteiger partial charge in [0.05, 0.1) is 34.1 Å². The number of nitrogens with zero attached hydrogens (tertiary/aromatic N) is 4. The van der Waals surface area contributed by atoms with Crippen LogP contribution in [0.25, 0.3) is 11.0 Å². The second-order valence-electron chi connectivity index (χ2n) is 7.27. The van der Waals surface area contributed by atoms with Gasteiger partial charge in [-0.05, 0) is 30.7 Å². The lowest BCUT2D eigenvalue weighted by Gasteiger charge is -2.32. The smallest absolute Gasteiger partial charge is 0.417 e. The van der Waals surface area contributed by atoms with Gasteiger partial charge in [0.1, 0.15) is 11.7 Å². The van der Waals surface area contributed by atoms with Crippen LogP contribution in [-0.2, 0) is 11.0 Å². The first-order chi connectivity index (χ1) is 15.1. The second kappa shape index (κ2) is 8.05. The van der Waals surface area contributed by atoms with Gasteiger partial charge in [0.15, 0.2) is 5.82 Å². The number of hydrogen-bond donors (Lipinski definition) is 1. The first kappa shape index (κ1) is 22.0. The molecular weight excluding hydrogens is 456 g/mol. The van der Waals surface area contributed by atoms with Crippen molar-refractivity contribution in [2.75, 3.05) is 18.0 Å². The van der Waals surface area contributed by atoms with Crippen molar-refractivity contribution in [3.8, 4) is 0 Å². The molecule has 1 aliphatic heterocycles. The molecule has 0 amide bonds. The number of fused-ring (bicyclic) bond motifs is 1. The van der Waals surface area contributed by atoms with Crippen LogP contribution >= 0.6 is 11.6 Å². The molecule has 3 heterocycles. The van der Waals surface area contributed by atoms with Crippen LogP contribution in [0, 0.1) is 5.92 Å². The summed E-state index contributed by atoms with van der Waals surface area (Å²) in [5.74, 6) is -3.48. The van der Waals surface area contributed by atoms with Crippen molar-refractivity contribution in [2.24, 2.45) is 5.92 Å². The number of aliphatic carboxylic acids is 1. The molecule has 12 heteroatoms. The first-order valence-corrected chi connectivity index (χ1v) is 9.83. The lowest BCUT2D eigenvalue weighted by molar-refractivity contribution is -0.144. The van der Waals surface area contributed by atoms with E-state index in [0.29, 0.717) is 0 Å². The van der Waals surface area contributed by atoms with Crippen molar-refractivity contribution in [1.82, 2.24) is 14.8 Å². The number of carbonyl (C=O) groups excluding carboxylic acids is 1. The molecule has 1 fully saturated rings. The van der Waals surface area contributed by atoms with Gasteiger partial charge in [-0.1, -0.05) is 17.7 Å². The number of carbonyl (C=O) groups is 2. The van der Waals surface area contributed by atoms with Gasteiger partial charge in [0.25, 0.3) is 5.91 Å². The summed E-state index contributed by atoms with van der Waals surface area (Å²) < 4.78 is 55.7. The number of rotatable bonds is 3. The SMILES string of the molecule is O=C(O)C1CCN(c2nn(C(=O)c3c(Cl)cccc3C(F)(F)F)c3cccnc23)CC1F. The van der Waals surface area contributed by atoms with E-state index in [2.05, 4.69) is 10.1 Å². The number of anilines is 1. The third-order valence-corrected chi connectivity index (χ3v) is 5.62. The van der Waals surface area contributed by atoms with Crippen LogP contribution in [0.2, 0.25) is 5.02 Å². The van der Waals surface area contributed by atoms with Gasteiger partial charge in [-0.25, -0.2) is 4.39 Å². The Labute approximate surface area is 183 Å². The first-order valence-electron chi connectivity index (χ1n) is 9.45. The number of carboxylic acids is 1. The maximum atomic E-state index is 14.4. The molecule has 168 valence electrons. The van der Waals surface area contributed by atoms with Crippen LogP contribution in [0.5, 0.6) is 0 Å². The second-order valence-corrected chi connectivity index (χ2v) is 7.67. The van der Waals surface area contributed by atoms with Gasteiger partial charge in [-0.15, -0.1) is 5.10 Å². The highest BCUT2D eigenvalue weighted by atomic mass is 35.5. The van der Waals surface area contributed by atoms with E-state index < -0.39 is 46.3 Å². The molecule has 0 saturated carbocycles. The zero-order valence-corrected chi connectivity index (χ0v) is 16.9. The van der Waals surface area contributed by atoms with Gasteiger partial charge < -0.3 is 10.0 Å². The highest BCUT2D eigenvalue weighted by Gasteiger charge is 2.39. The van der Waals surface area contributed by atoms with Crippen LogP contribution in [0.4, 0.5) is 23.4 Å². The van der Waals surface area contributed by atoms with Crippen molar-refractivity contribution in [1.29, 1.82) is 0 Å². The summed E-state index contributed by atoms with van der Waals surface area (Å²) >= 11 is 5.96. The fourth-order valence-corrected chi connectivity index (χ4v) is 4.02. The Morgan fingerprint density at radius 2 is 1.94 bits per heavy atom. The number of piperidine rings is 1. The maximum absolute atomic E-state index is 14.4. The largest absolute Gasteiger partial charge is 0.481 e. The molecule has 1 aliphatic rings. The Kier molecular flexibility index (Phi) is 5.53. The normalized spacial score (nSPS) is 19.3. The minimum Gasteiger partial charge on any atom is -0.481 e. The van der Waals surface area contributed by atoms with E-state index in [-0.39, 0.29) is 36.4 Å². The zero-order valence-electron chi connectivity index (χ0n) is 16.2. The van der Waals surface area contributed by atoms with Crippen molar-refractivity contribution >= 4 is 40.3 Å². The molecule has 1 aromatic carbocycles. The molecule has 1 saturated heterocycles. The fourth-order valence-electron chi connectivity index (χ4n) is 3.76. The molecule has 2 unspecified atom stereocenters. The fraction of sp³-hybridized carbons (Fsp3) is 0.300. The number of alkyl halides is 4. The number of benzene rings is 1. The molecule has 2 atom stereocenters. The van der Waals surface area contributed by atoms with Gasteiger partial charge >= 0.3 is 12.1 Å². The summed E-state index contributed by atoms with van der Waals surface area (Å²) in [6, 6.07) is 5.92. The van der Waals surface area contributed by atoms with E-state index in [9.17, 15) is 27.2 Å². The molecule has 0 aliphatic carbocycles. The van der Waals surface area contributed by atoms with Crippen LogP contribution in [0.3, 0.4) is 0 Å².